The predicted molar refractivity (Wildman–Crippen MR) is 96.2 cm³/mol. The number of carbonyl (C=O) groups excluding carboxylic acids is 1. The first-order valence-electron chi connectivity index (χ1n) is 8.25. The standard InChI is InChI=1S/C18H28N2O2.ClH/c1-15(8-13-22-16-6-4-3-5-7-16)17(21)20-14-18(2)9-11-19-12-10-18;/h3-7,15,19H,8-14H2,1-2H3,(H,20,21);1H. The lowest BCUT2D eigenvalue weighted by molar-refractivity contribution is -0.125. The fourth-order valence-corrected chi connectivity index (χ4v) is 2.68. The fraction of sp³-hybridized carbons (Fsp3) is 0.611. The van der Waals surface area contributed by atoms with Crippen LogP contribution in [0, 0.1) is 11.3 Å². The molecule has 1 aliphatic heterocycles. The second-order valence-corrected chi connectivity index (χ2v) is 6.63. The predicted octanol–water partition coefficient (Wildman–Crippen LogP) is 3.02. The average molecular weight is 341 g/mol. The summed E-state index contributed by atoms with van der Waals surface area (Å²) in [5.41, 5.74) is 0.237. The molecule has 0 aromatic heterocycles. The monoisotopic (exact) mass is 340 g/mol. The summed E-state index contributed by atoms with van der Waals surface area (Å²) in [4.78, 5) is 12.2. The minimum atomic E-state index is -0.0194. The molecule has 1 aliphatic rings. The highest BCUT2D eigenvalue weighted by Gasteiger charge is 2.27. The van der Waals surface area contributed by atoms with E-state index in [-0.39, 0.29) is 29.6 Å². The molecule has 1 aromatic carbocycles. The molecule has 1 saturated heterocycles. The molecule has 1 unspecified atom stereocenters. The third-order valence-corrected chi connectivity index (χ3v) is 4.51. The van der Waals surface area contributed by atoms with Crippen LogP contribution < -0.4 is 15.4 Å². The fourth-order valence-electron chi connectivity index (χ4n) is 2.68. The average Bonchev–Trinajstić information content (AvgIpc) is 2.54. The smallest absolute Gasteiger partial charge is 0.222 e. The molecule has 0 aliphatic carbocycles. The van der Waals surface area contributed by atoms with Gasteiger partial charge in [-0.3, -0.25) is 4.79 Å². The van der Waals surface area contributed by atoms with Crippen molar-refractivity contribution in [2.24, 2.45) is 11.3 Å². The molecule has 1 amide bonds. The maximum absolute atomic E-state index is 12.2. The van der Waals surface area contributed by atoms with Crippen molar-refractivity contribution in [3.8, 4) is 5.75 Å². The van der Waals surface area contributed by atoms with E-state index >= 15 is 0 Å². The van der Waals surface area contributed by atoms with E-state index in [1.165, 1.54) is 0 Å². The van der Waals surface area contributed by atoms with Gasteiger partial charge in [-0.15, -0.1) is 12.4 Å². The molecule has 4 nitrogen and oxygen atoms in total. The van der Waals surface area contributed by atoms with E-state index in [9.17, 15) is 4.79 Å². The van der Waals surface area contributed by atoms with Crippen molar-refractivity contribution in [2.45, 2.75) is 33.1 Å². The molecule has 0 radical (unpaired) electrons. The summed E-state index contributed by atoms with van der Waals surface area (Å²) < 4.78 is 5.65. The lowest BCUT2D eigenvalue weighted by Crippen LogP contribution is -2.44. The van der Waals surface area contributed by atoms with Crippen LogP contribution in [0.3, 0.4) is 0 Å². The molecule has 23 heavy (non-hydrogen) atoms. The van der Waals surface area contributed by atoms with Crippen LogP contribution in [0.2, 0.25) is 0 Å². The minimum Gasteiger partial charge on any atom is -0.494 e. The van der Waals surface area contributed by atoms with Crippen LogP contribution in [0.4, 0.5) is 0 Å². The van der Waals surface area contributed by atoms with Gasteiger partial charge in [-0.05, 0) is 49.9 Å². The zero-order valence-electron chi connectivity index (χ0n) is 14.1. The van der Waals surface area contributed by atoms with Gasteiger partial charge in [0.1, 0.15) is 5.75 Å². The van der Waals surface area contributed by atoms with Crippen LogP contribution >= 0.6 is 12.4 Å². The number of halogens is 1. The zero-order chi connectivity index (χ0) is 15.8. The lowest BCUT2D eigenvalue weighted by Gasteiger charge is -2.34. The van der Waals surface area contributed by atoms with E-state index in [1.807, 2.05) is 37.3 Å². The number of hydrogen-bond donors (Lipinski definition) is 2. The number of amides is 1. The maximum Gasteiger partial charge on any atom is 0.222 e. The summed E-state index contributed by atoms with van der Waals surface area (Å²) >= 11 is 0. The summed E-state index contributed by atoms with van der Waals surface area (Å²) in [6.45, 7) is 7.67. The second-order valence-electron chi connectivity index (χ2n) is 6.63. The molecule has 2 rings (SSSR count). The van der Waals surface area contributed by atoms with Crippen molar-refractivity contribution in [3.05, 3.63) is 30.3 Å². The zero-order valence-corrected chi connectivity index (χ0v) is 15.0. The van der Waals surface area contributed by atoms with Crippen molar-refractivity contribution in [1.29, 1.82) is 0 Å². The van der Waals surface area contributed by atoms with Crippen LogP contribution in [0.1, 0.15) is 33.1 Å². The lowest BCUT2D eigenvalue weighted by atomic mass is 9.81. The van der Waals surface area contributed by atoms with Gasteiger partial charge in [-0.2, -0.15) is 0 Å². The molecule has 1 aromatic rings. The Labute approximate surface area is 145 Å². The topological polar surface area (TPSA) is 50.4 Å². The number of rotatable bonds is 7. The SMILES string of the molecule is CC(CCOc1ccccc1)C(=O)NCC1(C)CCNCC1.Cl. The third-order valence-electron chi connectivity index (χ3n) is 4.51. The van der Waals surface area contributed by atoms with Crippen molar-refractivity contribution in [2.75, 3.05) is 26.2 Å². The Morgan fingerprint density at radius 1 is 1.30 bits per heavy atom. The molecule has 0 saturated carbocycles. The first-order valence-corrected chi connectivity index (χ1v) is 8.25. The summed E-state index contributed by atoms with van der Waals surface area (Å²) in [6, 6.07) is 9.73. The molecule has 1 heterocycles. The Morgan fingerprint density at radius 3 is 2.61 bits per heavy atom. The number of hydrogen-bond acceptors (Lipinski definition) is 3. The van der Waals surface area contributed by atoms with Crippen molar-refractivity contribution >= 4 is 18.3 Å². The normalized spacial score (nSPS) is 17.7. The van der Waals surface area contributed by atoms with Gasteiger partial charge >= 0.3 is 0 Å². The molecular weight excluding hydrogens is 312 g/mol. The van der Waals surface area contributed by atoms with Gasteiger partial charge < -0.3 is 15.4 Å². The van der Waals surface area contributed by atoms with Crippen molar-refractivity contribution in [3.63, 3.8) is 0 Å². The van der Waals surface area contributed by atoms with E-state index in [0.29, 0.717) is 6.61 Å². The third kappa shape index (κ3) is 6.80. The van der Waals surface area contributed by atoms with E-state index in [1.54, 1.807) is 0 Å². The molecular formula is C18H29ClN2O2. The summed E-state index contributed by atoms with van der Waals surface area (Å²) in [6.07, 6.45) is 2.98. The second kappa shape index (κ2) is 9.78. The van der Waals surface area contributed by atoms with Gasteiger partial charge in [0, 0.05) is 12.5 Å². The largest absolute Gasteiger partial charge is 0.494 e. The Kier molecular flexibility index (Phi) is 8.42. The van der Waals surface area contributed by atoms with Crippen molar-refractivity contribution < 1.29 is 9.53 Å². The van der Waals surface area contributed by atoms with Gasteiger partial charge in [-0.1, -0.05) is 32.0 Å². The van der Waals surface area contributed by atoms with E-state index < -0.39 is 0 Å². The highest BCUT2D eigenvalue weighted by atomic mass is 35.5. The number of carbonyl (C=O) groups is 1. The summed E-state index contributed by atoms with van der Waals surface area (Å²) in [5, 5.41) is 6.48. The number of para-hydroxylation sites is 1. The van der Waals surface area contributed by atoms with Crippen LogP contribution in [-0.2, 0) is 4.79 Å². The van der Waals surface area contributed by atoms with Gasteiger partial charge in [0.15, 0.2) is 0 Å². The number of ether oxygens (including phenoxy) is 1. The Morgan fingerprint density at radius 2 is 1.96 bits per heavy atom. The molecule has 5 heteroatoms. The molecule has 1 fully saturated rings. The van der Waals surface area contributed by atoms with E-state index in [0.717, 1.165) is 44.6 Å². The van der Waals surface area contributed by atoms with Crippen LogP contribution in [-0.4, -0.2) is 32.1 Å². The van der Waals surface area contributed by atoms with E-state index in [2.05, 4.69) is 17.6 Å². The van der Waals surface area contributed by atoms with Gasteiger partial charge in [0.2, 0.25) is 5.91 Å². The molecule has 0 bridgehead atoms. The Hall–Kier alpha value is -1.26. The van der Waals surface area contributed by atoms with Gasteiger partial charge in [-0.25, -0.2) is 0 Å². The number of nitrogens with one attached hydrogen (secondary N) is 2. The van der Waals surface area contributed by atoms with Gasteiger partial charge in [0.05, 0.1) is 6.61 Å². The highest BCUT2D eigenvalue weighted by Crippen LogP contribution is 2.26. The van der Waals surface area contributed by atoms with Crippen LogP contribution in [0.25, 0.3) is 0 Å². The van der Waals surface area contributed by atoms with E-state index in [4.69, 9.17) is 4.74 Å². The number of benzene rings is 1. The molecule has 130 valence electrons. The van der Waals surface area contributed by atoms with Crippen molar-refractivity contribution in [1.82, 2.24) is 10.6 Å². The molecule has 0 spiro atoms. The molecule has 2 N–H and O–H groups in total. The number of piperidine rings is 1. The quantitative estimate of drug-likeness (QED) is 0.802. The highest BCUT2D eigenvalue weighted by molar-refractivity contribution is 5.85. The maximum atomic E-state index is 12.2. The Bertz CT molecular complexity index is 461. The summed E-state index contributed by atoms with van der Waals surface area (Å²) in [7, 11) is 0. The van der Waals surface area contributed by atoms with Gasteiger partial charge in [0.25, 0.3) is 0 Å². The van der Waals surface area contributed by atoms with Crippen LogP contribution in [0.15, 0.2) is 30.3 Å². The molecule has 1 atom stereocenters. The summed E-state index contributed by atoms with van der Waals surface area (Å²) in [5.74, 6) is 0.975. The first kappa shape index (κ1) is 19.8. The van der Waals surface area contributed by atoms with Crippen LogP contribution in [0.5, 0.6) is 5.75 Å². The Balaban J connectivity index is 0.00000264. The minimum absolute atomic E-state index is 0. The first-order chi connectivity index (χ1) is 10.6.